The van der Waals surface area contributed by atoms with Gasteiger partial charge in [-0.3, -0.25) is 0 Å². The van der Waals surface area contributed by atoms with Crippen molar-refractivity contribution in [3.8, 4) is 11.1 Å². The van der Waals surface area contributed by atoms with Crippen LogP contribution in [0.25, 0.3) is 11.1 Å². The topological polar surface area (TPSA) is 12.0 Å². The van der Waals surface area contributed by atoms with E-state index in [2.05, 4.69) is 107 Å². The average molecular weight is 341 g/mol. The average Bonchev–Trinajstić information content (AvgIpc) is 2.83. The third kappa shape index (κ3) is 2.72. The molecule has 1 aliphatic rings. The summed E-state index contributed by atoms with van der Waals surface area (Å²) in [6.45, 7) is 11.4. The third-order valence-electron chi connectivity index (χ3n) is 5.62. The first kappa shape index (κ1) is 16.9. The molecule has 1 N–H and O–H groups in total. The molecule has 0 aliphatic heterocycles. The highest BCUT2D eigenvalue weighted by molar-refractivity contribution is 5.83. The fraction of sp³-hybridized carbons (Fsp3) is 0.280. The highest BCUT2D eigenvalue weighted by Gasteiger charge is 2.34. The van der Waals surface area contributed by atoms with E-state index >= 15 is 0 Å². The Morgan fingerprint density at radius 2 is 1.31 bits per heavy atom. The summed E-state index contributed by atoms with van der Waals surface area (Å²) in [4.78, 5) is 0. The van der Waals surface area contributed by atoms with Gasteiger partial charge < -0.3 is 5.32 Å². The minimum absolute atomic E-state index is 0.0683. The van der Waals surface area contributed by atoms with E-state index in [0.717, 1.165) is 11.4 Å². The molecule has 4 rings (SSSR count). The first-order chi connectivity index (χ1) is 12.3. The van der Waals surface area contributed by atoms with Crippen LogP contribution < -0.4 is 5.32 Å². The minimum Gasteiger partial charge on any atom is -0.356 e. The van der Waals surface area contributed by atoms with Crippen LogP contribution >= 0.6 is 0 Å². The Hall–Kier alpha value is -2.54. The second-order valence-corrected chi connectivity index (χ2v) is 8.88. The van der Waals surface area contributed by atoms with E-state index in [1.165, 1.54) is 27.8 Å². The second kappa shape index (κ2) is 5.74. The zero-order valence-electron chi connectivity index (χ0n) is 16.4. The molecule has 1 nitrogen and oxygen atoms in total. The standard InChI is InChI=1S/C25H27N/c1-24(2,3)17-10-12-18(13-11-17)26-19-14-15-23-21(16-19)20-8-6-7-9-22(20)25(23,4)5/h6-16,26H,1-5H3. The quantitative estimate of drug-likeness (QED) is 0.527. The van der Waals surface area contributed by atoms with Gasteiger partial charge in [0.2, 0.25) is 0 Å². The van der Waals surface area contributed by atoms with Gasteiger partial charge in [0.05, 0.1) is 0 Å². The number of anilines is 2. The van der Waals surface area contributed by atoms with E-state index in [1.54, 1.807) is 0 Å². The van der Waals surface area contributed by atoms with Gasteiger partial charge in [0.15, 0.2) is 0 Å². The Balaban J connectivity index is 1.68. The maximum Gasteiger partial charge on any atom is 0.0390 e. The summed E-state index contributed by atoms with van der Waals surface area (Å²) in [7, 11) is 0. The van der Waals surface area contributed by atoms with Crippen LogP contribution in [0.1, 0.15) is 51.3 Å². The van der Waals surface area contributed by atoms with Crippen molar-refractivity contribution in [1.82, 2.24) is 0 Å². The number of hydrogen-bond acceptors (Lipinski definition) is 1. The van der Waals surface area contributed by atoms with E-state index in [9.17, 15) is 0 Å². The Morgan fingerprint density at radius 1 is 0.692 bits per heavy atom. The van der Waals surface area contributed by atoms with Crippen molar-refractivity contribution >= 4 is 11.4 Å². The maximum absolute atomic E-state index is 3.57. The van der Waals surface area contributed by atoms with Crippen LogP contribution in [0.2, 0.25) is 0 Å². The van der Waals surface area contributed by atoms with E-state index < -0.39 is 0 Å². The van der Waals surface area contributed by atoms with E-state index in [4.69, 9.17) is 0 Å². The molecule has 0 spiro atoms. The van der Waals surface area contributed by atoms with Crippen molar-refractivity contribution < 1.29 is 0 Å². The van der Waals surface area contributed by atoms with Crippen molar-refractivity contribution in [2.45, 2.75) is 45.4 Å². The molecule has 132 valence electrons. The lowest BCUT2D eigenvalue weighted by Crippen LogP contribution is -2.14. The summed E-state index contributed by atoms with van der Waals surface area (Å²) in [5.74, 6) is 0. The molecule has 0 bridgehead atoms. The largest absolute Gasteiger partial charge is 0.356 e. The molecule has 26 heavy (non-hydrogen) atoms. The van der Waals surface area contributed by atoms with Crippen LogP contribution in [0.5, 0.6) is 0 Å². The summed E-state index contributed by atoms with van der Waals surface area (Å²) in [6, 6.07) is 24.3. The van der Waals surface area contributed by atoms with Gasteiger partial charge in [-0.05, 0) is 57.5 Å². The lowest BCUT2D eigenvalue weighted by Gasteiger charge is -2.21. The molecular formula is C25H27N. The summed E-state index contributed by atoms with van der Waals surface area (Å²) in [6.07, 6.45) is 0. The van der Waals surface area contributed by atoms with Crippen LogP contribution in [0.4, 0.5) is 11.4 Å². The molecule has 3 aromatic carbocycles. The highest BCUT2D eigenvalue weighted by Crippen LogP contribution is 2.49. The van der Waals surface area contributed by atoms with Crippen molar-refractivity contribution in [2.75, 3.05) is 5.32 Å². The van der Waals surface area contributed by atoms with Crippen molar-refractivity contribution in [1.29, 1.82) is 0 Å². The van der Waals surface area contributed by atoms with Gasteiger partial charge in [-0.15, -0.1) is 0 Å². The smallest absolute Gasteiger partial charge is 0.0390 e. The number of fused-ring (bicyclic) bond motifs is 3. The summed E-state index contributed by atoms with van der Waals surface area (Å²) in [5, 5.41) is 3.57. The minimum atomic E-state index is 0.0683. The normalized spacial score (nSPS) is 14.7. The molecule has 0 saturated heterocycles. The second-order valence-electron chi connectivity index (χ2n) is 8.88. The van der Waals surface area contributed by atoms with Gasteiger partial charge in [-0.1, -0.05) is 77.1 Å². The fourth-order valence-corrected chi connectivity index (χ4v) is 4.02. The Bertz CT molecular complexity index is 956. The van der Waals surface area contributed by atoms with Crippen LogP contribution in [0.15, 0.2) is 66.7 Å². The molecule has 0 unspecified atom stereocenters. The van der Waals surface area contributed by atoms with Gasteiger partial charge >= 0.3 is 0 Å². The molecule has 0 aromatic heterocycles. The van der Waals surface area contributed by atoms with Crippen molar-refractivity contribution in [3.63, 3.8) is 0 Å². The molecule has 0 saturated carbocycles. The zero-order valence-corrected chi connectivity index (χ0v) is 16.4. The zero-order chi connectivity index (χ0) is 18.5. The first-order valence-electron chi connectivity index (χ1n) is 9.39. The lowest BCUT2D eigenvalue weighted by atomic mass is 9.82. The van der Waals surface area contributed by atoms with Crippen LogP contribution in [0, 0.1) is 0 Å². The number of nitrogens with one attached hydrogen (secondary N) is 1. The van der Waals surface area contributed by atoms with Crippen LogP contribution in [-0.4, -0.2) is 0 Å². The Kier molecular flexibility index (Phi) is 3.73. The number of benzene rings is 3. The van der Waals surface area contributed by atoms with Gasteiger partial charge in [-0.2, -0.15) is 0 Å². The summed E-state index contributed by atoms with van der Waals surface area (Å²) in [5.41, 5.74) is 9.41. The Morgan fingerprint density at radius 3 is 2.00 bits per heavy atom. The maximum atomic E-state index is 3.57. The predicted molar refractivity (Wildman–Crippen MR) is 112 cm³/mol. The first-order valence-corrected chi connectivity index (χ1v) is 9.39. The van der Waals surface area contributed by atoms with Gasteiger partial charge in [0.25, 0.3) is 0 Å². The molecule has 0 amide bonds. The Labute approximate surface area is 157 Å². The predicted octanol–water partition coefficient (Wildman–Crippen LogP) is 7.03. The van der Waals surface area contributed by atoms with Crippen LogP contribution in [-0.2, 0) is 10.8 Å². The third-order valence-corrected chi connectivity index (χ3v) is 5.62. The van der Waals surface area contributed by atoms with Gasteiger partial charge in [-0.25, -0.2) is 0 Å². The number of rotatable bonds is 2. The molecule has 0 radical (unpaired) electrons. The molecule has 3 aromatic rings. The fourth-order valence-electron chi connectivity index (χ4n) is 4.02. The monoisotopic (exact) mass is 341 g/mol. The molecule has 1 heteroatoms. The van der Waals surface area contributed by atoms with Crippen LogP contribution in [0.3, 0.4) is 0 Å². The molecule has 0 atom stereocenters. The van der Waals surface area contributed by atoms with Gasteiger partial charge in [0.1, 0.15) is 0 Å². The SMILES string of the molecule is CC(C)(C)c1ccc(Nc2ccc3c(c2)-c2ccccc2C3(C)C)cc1. The molecule has 1 aliphatic carbocycles. The highest BCUT2D eigenvalue weighted by atomic mass is 14.9. The summed E-state index contributed by atoms with van der Waals surface area (Å²) >= 11 is 0. The number of hydrogen-bond donors (Lipinski definition) is 1. The van der Waals surface area contributed by atoms with Gasteiger partial charge in [0, 0.05) is 16.8 Å². The van der Waals surface area contributed by atoms with Crippen molar-refractivity contribution in [2.24, 2.45) is 0 Å². The van der Waals surface area contributed by atoms with E-state index in [0.29, 0.717) is 0 Å². The molecular weight excluding hydrogens is 314 g/mol. The molecule has 0 fully saturated rings. The van der Waals surface area contributed by atoms with Crippen molar-refractivity contribution in [3.05, 3.63) is 83.4 Å². The lowest BCUT2D eigenvalue weighted by molar-refractivity contribution is 0.590. The molecule has 0 heterocycles. The summed E-state index contributed by atoms with van der Waals surface area (Å²) < 4.78 is 0. The van der Waals surface area contributed by atoms with E-state index in [1.807, 2.05) is 0 Å². The van der Waals surface area contributed by atoms with E-state index in [-0.39, 0.29) is 10.8 Å².